The Labute approximate surface area is 138 Å². The average molecular weight is 342 g/mol. The molecule has 0 fully saturated rings. The van der Waals surface area contributed by atoms with E-state index < -0.39 is 5.92 Å². The van der Waals surface area contributed by atoms with Crippen LogP contribution in [0, 0.1) is 0 Å². The molecule has 1 atom stereocenters. The van der Waals surface area contributed by atoms with E-state index in [9.17, 15) is 4.79 Å². The summed E-state index contributed by atoms with van der Waals surface area (Å²) < 4.78 is 0. The van der Waals surface area contributed by atoms with Crippen LogP contribution in [0.1, 0.15) is 24.2 Å². The van der Waals surface area contributed by atoms with Crippen LogP contribution in [0.25, 0.3) is 0 Å². The van der Waals surface area contributed by atoms with Crippen molar-refractivity contribution in [2.45, 2.75) is 19.4 Å². The fraction of sp³-hybridized carbons (Fsp3) is 0.214. The molecule has 110 valence electrons. The van der Waals surface area contributed by atoms with Gasteiger partial charge in [0.2, 0.25) is 0 Å². The van der Waals surface area contributed by atoms with E-state index in [1.165, 1.54) is 0 Å². The van der Waals surface area contributed by atoms with Crippen LogP contribution in [-0.2, 0) is 11.3 Å². The minimum atomic E-state index is -0.511. The topological polar surface area (TPSA) is 54.9 Å². The Kier molecular flexibility index (Phi) is 5.45. The second-order valence-corrected chi connectivity index (χ2v) is 5.74. The second kappa shape index (κ2) is 7.11. The SMILES string of the molecule is CC(C(=O)S)c1nc(Cl)cc(NCc2ccc(Cl)cc2)n1. The first-order valence-electron chi connectivity index (χ1n) is 6.21. The van der Waals surface area contributed by atoms with Crippen LogP contribution in [0.15, 0.2) is 30.3 Å². The fourth-order valence-corrected chi connectivity index (χ4v) is 2.06. The summed E-state index contributed by atoms with van der Waals surface area (Å²) in [5, 5.41) is 3.80. The molecule has 0 spiro atoms. The van der Waals surface area contributed by atoms with Gasteiger partial charge in [-0.1, -0.05) is 35.3 Å². The summed E-state index contributed by atoms with van der Waals surface area (Å²) in [6.45, 7) is 2.25. The highest BCUT2D eigenvalue weighted by Gasteiger charge is 2.16. The molecule has 0 bridgehead atoms. The number of rotatable bonds is 5. The van der Waals surface area contributed by atoms with Gasteiger partial charge in [0.25, 0.3) is 0 Å². The summed E-state index contributed by atoms with van der Waals surface area (Å²) in [6.07, 6.45) is 0. The Morgan fingerprint density at radius 3 is 2.57 bits per heavy atom. The number of aromatic nitrogens is 2. The molecule has 2 aromatic rings. The quantitative estimate of drug-likeness (QED) is 0.638. The monoisotopic (exact) mass is 341 g/mol. The molecular formula is C14H13Cl2N3OS. The molecule has 21 heavy (non-hydrogen) atoms. The summed E-state index contributed by atoms with van der Waals surface area (Å²) in [6, 6.07) is 9.08. The molecule has 0 aliphatic rings. The molecule has 0 saturated carbocycles. The van der Waals surface area contributed by atoms with Crippen molar-refractivity contribution in [2.24, 2.45) is 0 Å². The van der Waals surface area contributed by atoms with Crippen molar-refractivity contribution in [3.05, 3.63) is 51.9 Å². The number of anilines is 1. The van der Waals surface area contributed by atoms with Gasteiger partial charge in [-0.2, -0.15) is 0 Å². The van der Waals surface area contributed by atoms with Crippen molar-refractivity contribution in [2.75, 3.05) is 5.32 Å². The van der Waals surface area contributed by atoms with Crippen LogP contribution in [0.2, 0.25) is 10.2 Å². The van der Waals surface area contributed by atoms with Gasteiger partial charge in [0, 0.05) is 17.6 Å². The van der Waals surface area contributed by atoms with E-state index in [1.54, 1.807) is 13.0 Å². The first-order chi connectivity index (χ1) is 9.95. The summed E-state index contributed by atoms with van der Waals surface area (Å²) in [4.78, 5) is 19.6. The minimum absolute atomic E-state index is 0.278. The number of nitrogens with zero attached hydrogens (tertiary/aromatic N) is 2. The lowest BCUT2D eigenvalue weighted by atomic mass is 10.2. The van der Waals surface area contributed by atoms with Crippen LogP contribution >= 0.6 is 35.8 Å². The number of hydrogen-bond acceptors (Lipinski definition) is 4. The minimum Gasteiger partial charge on any atom is -0.366 e. The summed E-state index contributed by atoms with van der Waals surface area (Å²) in [5.41, 5.74) is 1.05. The lowest BCUT2D eigenvalue weighted by Crippen LogP contribution is -2.10. The predicted octanol–water partition coefficient (Wildman–Crippen LogP) is 3.96. The molecule has 1 aromatic heterocycles. The molecule has 1 aromatic carbocycles. The van der Waals surface area contributed by atoms with Crippen molar-refractivity contribution in [3.63, 3.8) is 0 Å². The van der Waals surface area contributed by atoms with E-state index in [-0.39, 0.29) is 10.3 Å². The Balaban J connectivity index is 2.13. The Bertz CT molecular complexity index is 649. The van der Waals surface area contributed by atoms with Gasteiger partial charge in [-0.15, -0.1) is 12.6 Å². The van der Waals surface area contributed by atoms with Crippen LogP contribution in [0.3, 0.4) is 0 Å². The predicted molar refractivity (Wildman–Crippen MR) is 88.2 cm³/mol. The smallest absolute Gasteiger partial charge is 0.196 e. The van der Waals surface area contributed by atoms with Gasteiger partial charge in [0.15, 0.2) is 5.12 Å². The summed E-state index contributed by atoms with van der Waals surface area (Å²) >= 11 is 15.6. The Hall–Kier alpha value is -1.30. The highest BCUT2D eigenvalue weighted by Crippen LogP contribution is 2.20. The maximum atomic E-state index is 11.3. The number of hydrogen-bond donors (Lipinski definition) is 2. The van der Waals surface area contributed by atoms with Gasteiger partial charge in [-0.05, 0) is 24.6 Å². The molecule has 0 aliphatic heterocycles. The molecule has 0 radical (unpaired) electrons. The highest BCUT2D eigenvalue weighted by atomic mass is 35.5. The first kappa shape index (κ1) is 16.1. The van der Waals surface area contributed by atoms with Crippen molar-refractivity contribution < 1.29 is 4.79 Å². The third-order valence-electron chi connectivity index (χ3n) is 2.86. The third kappa shape index (κ3) is 4.59. The molecule has 0 saturated heterocycles. The summed E-state index contributed by atoms with van der Waals surface area (Å²) in [5.74, 6) is 0.394. The maximum absolute atomic E-state index is 11.3. The zero-order valence-electron chi connectivity index (χ0n) is 11.2. The van der Waals surface area contributed by atoms with Crippen molar-refractivity contribution in [3.8, 4) is 0 Å². The maximum Gasteiger partial charge on any atom is 0.196 e. The van der Waals surface area contributed by atoms with E-state index >= 15 is 0 Å². The summed E-state index contributed by atoms with van der Waals surface area (Å²) in [7, 11) is 0. The lowest BCUT2D eigenvalue weighted by molar-refractivity contribution is -0.111. The number of carbonyl (C=O) groups excluding carboxylic acids is 1. The molecular weight excluding hydrogens is 329 g/mol. The number of nitrogens with one attached hydrogen (secondary N) is 1. The van der Waals surface area contributed by atoms with Gasteiger partial charge < -0.3 is 5.32 Å². The van der Waals surface area contributed by atoms with E-state index in [2.05, 4.69) is 27.9 Å². The second-order valence-electron chi connectivity index (χ2n) is 4.47. The van der Waals surface area contributed by atoms with E-state index in [4.69, 9.17) is 23.2 Å². The number of halogens is 2. The zero-order valence-corrected chi connectivity index (χ0v) is 13.6. The van der Waals surface area contributed by atoms with E-state index in [0.717, 1.165) is 5.56 Å². The van der Waals surface area contributed by atoms with Crippen molar-refractivity contribution >= 4 is 46.8 Å². The Morgan fingerprint density at radius 1 is 1.29 bits per heavy atom. The van der Waals surface area contributed by atoms with Gasteiger partial charge in [-0.3, -0.25) is 4.79 Å². The molecule has 0 aliphatic carbocycles. The average Bonchev–Trinajstić information content (AvgIpc) is 2.45. The molecule has 2 rings (SSSR count). The third-order valence-corrected chi connectivity index (χ3v) is 3.69. The van der Waals surface area contributed by atoms with Crippen LogP contribution < -0.4 is 5.32 Å². The number of carbonyl (C=O) groups is 1. The van der Waals surface area contributed by atoms with Crippen molar-refractivity contribution in [1.82, 2.24) is 9.97 Å². The van der Waals surface area contributed by atoms with Gasteiger partial charge in [0.1, 0.15) is 16.8 Å². The molecule has 1 N–H and O–H groups in total. The molecule has 0 amide bonds. The first-order valence-corrected chi connectivity index (χ1v) is 7.41. The number of benzene rings is 1. The molecule has 4 nitrogen and oxygen atoms in total. The van der Waals surface area contributed by atoms with E-state index in [0.29, 0.717) is 23.2 Å². The highest BCUT2D eigenvalue weighted by molar-refractivity contribution is 7.96. The van der Waals surface area contributed by atoms with Crippen LogP contribution in [-0.4, -0.2) is 15.1 Å². The molecule has 1 unspecified atom stereocenters. The van der Waals surface area contributed by atoms with E-state index in [1.807, 2.05) is 24.3 Å². The van der Waals surface area contributed by atoms with Crippen LogP contribution in [0.4, 0.5) is 5.82 Å². The van der Waals surface area contributed by atoms with Crippen molar-refractivity contribution in [1.29, 1.82) is 0 Å². The van der Waals surface area contributed by atoms with Gasteiger partial charge in [0.05, 0.1) is 5.92 Å². The standard InChI is InChI=1S/C14H13Cl2N3OS/c1-8(14(20)21)13-18-11(16)6-12(19-13)17-7-9-2-4-10(15)5-3-9/h2-6,8H,7H2,1H3,(H,20,21)(H,17,18,19). The van der Waals surface area contributed by atoms with Gasteiger partial charge >= 0.3 is 0 Å². The Morgan fingerprint density at radius 2 is 1.95 bits per heavy atom. The van der Waals surface area contributed by atoms with Gasteiger partial charge in [-0.25, -0.2) is 9.97 Å². The molecule has 1 heterocycles. The number of thiol groups is 1. The lowest BCUT2D eigenvalue weighted by Gasteiger charge is -2.10. The van der Waals surface area contributed by atoms with Crippen LogP contribution in [0.5, 0.6) is 0 Å². The molecule has 7 heteroatoms. The normalized spacial score (nSPS) is 12.0. The largest absolute Gasteiger partial charge is 0.366 e. The fourth-order valence-electron chi connectivity index (χ4n) is 1.62. The zero-order chi connectivity index (χ0) is 15.4.